The second-order valence-electron chi connectivity index (χ2n) is 10.3. The fraction of sp³-hybridized carbons (Fsp3) is 0.571. The number of ether oxygens (including phenoxy) is 1. The molecule has 37 heavy (non-hydrogen) atoms. The number of nitrogens with one attached hydrogen (secondary N) is 2. The Bertz CT molecular complexity index is 1010. The Morgan fingerprint density at radius 2 is 1.86 bits per heavy atom. The number of hydrogen-bond donors (Lipinski definition) is 3. The number of primary amides is 1. The van der Waals surface area contributed by atoms with Gasteiger partial charge in [0.05, 0.1) is 0 Å². The van der Waals surface area contributed by atoms with E-state index in [0.29, 0.717) is 30.5 Å². The Morgan fingerprint density at radius 3 is 2.43 bits per heavy atom. The molecule has 1 aromatic rings. The molecular weight excluding hydrogens is 472 g/mol. The molecule has 1 fully saturated rings. The first-order chi connectivity index (χ1) is 17.5. The average molecular weight is 513 g/mol. The van der Waals surface area contributed by atoms with E-state index in [0.717, 1.165) is 19.3 Å². The first-order valence-corrected chi connectivity index (χ1v) is 12.9. The summed E-state index contributed by atoms with van der Waals surface area (Å²) < 4.78 is 5.34. The van der Waals surface area contributed by atoms with E-state index in [9.17, 15) is 19.2 Å². The zero-order chi connectivity index (χ0) is 27.6. The Morgan fingerprint density at radius 1 is 1.19 bits per heavy atom. The van der Waals surface area contributed by atoms with Crippen molar-refractivity contribution in [2.24, 2.45) is 5.73 Å². The number of terminal acetylenes is 1. The van der Waals surface area contributed by atoms with Gasteiger partial charge in [0.1, 0.15) is 17.7 Å². The number of alkyl carbamates (subject to hydrolysis) is 1. The van der Waals surface area contributed by atoms with Crippen LogP contribution in [0.4, 0.5) is 4.79 Å². The molecule has 202 valence electrons. The van der Waals surface area contributed by atoms with Crippen LogP contribution in [0.3, 0.4) is 0 Å². The average Bonchev–Trinajstić information content (AvgIpc) is 3.66. The summed E-state index contributed by atoms with van der Waals surface area (Å²) in [4.78, 5) is 53.2. The molecule has 2 atom stereocenters. The van der Waals surface area contributed by atoms with E-state index >= 15 is 0 Å². The molecule has 2 rings (SSSR count). The smallest absolute Gasteiger partial charge is 0.408 e. The van der Waals surface area contributed by atoms with Gasteiger partial charge >= 0.3 is 6.09 Å². The minimum Gasteiger partial charge on any atom is -0.444 e. The number of carbonyl (C=O) groups excluding carboxylic acids is 4. The number of nitrogens with two attached hydrogens (primary N) is 1. The van der Waals surface area contributed by atoms with E-state index in [4.69, 9.17) is 16.9 Å². The summed E-state index contributed by atoms with van der Waals surface area (Å²) in [5, 5.41) is 5.55. The maximum absolute atomic E-state index is 14.0. The molecule has 2 unspecified atom stereocenters. The standard InChI is InChI=1S/C28H40N4O5/c1-6-8-11-18-30-25(34)24(21-13-10-9-12-19(21)7-2)32(20-14-15-20)26(35)22(16-17-23(29)33)31-27(36)37-28(3,4)5/h2,9-10,12-13,20,22,24H,6,8,11,14-18H2,1,3-5H3,(H2,29,33)(H,30,34)(H,31,36). The third-order valence-electron chi connectivity index (χ3n) is 5.88. The van der Waals surface area contributed by atoms with Gasteiger partial charge in [-0.3, -0.25) is 14.4 Å². The molecule has 0 aliphatic heterocycles. The lowest BCUT2D eigenvalue weighted by Crippen LogP contribution is -2.54. The van der Waals surface area contributed by atoms with Crippen LogP contribution >= 0.6 is 0 Å². The van der Waals surface area contributed by atoms with E-state index in [1.807, 2.05) is 0 Å². The molecule has 1 aliphatic rings. The van der Waals surface area contributed by atoms with Crippen molar-refractivity contribution in [3.63, 3.8) is 0 Å². The molecule has 1 aromatic carbocycles. The van der Waals surface area contributed by atoms with Gasteiger partial charge in [-0.25, -0.2) is 4.79 Å². The van der Waals surface area contributed by atoms with Crippen LogP contribution in [0.2, 0.25) is 0 Å². The lowest BCUT2D eigenvalue weighted by Gasteiger charge is -2.35. The normalized spacial score (nSPS) is 14.6. The summed E-state index contributed by atoms with van der Waals surface area (Å²) in [6, 6.07) is 4.70. The third kappa shape index (κ3) is 9.45. The summed E-state index contributed by atoms with van der Waals surface area (Å²) in [6.45, 7) is 7.66. The van der Waals surface area contributed by atoms with Crippen LogP contribution in [-0.2, 0) is 19.1 Å². The van der Waals surface area contributed by atoms with E-state index in [1.54, 1.807) is 45.0 Å². The number of benzene rings is 1. The van der Waals surface area contributed by atoms with Gasteiger partial charge in [0, 0.05) is 24.6 Å². The van der Waals surface area contributed by atoms with Crippen molar-refractivity contribution in [3.05, 3.63) is 35.4 Å². The number of unbranched alkanes of at least 4 members (excludes halogenated alkanes) is 2. The molecule has 4 amide bonds. The van der Waals surface area contributed by atoms with Crippen LogP contribution in [0, 0.1) is 12.3 Å². The molecule has 0 bridgehead atoms. The van der Waals surface area contributed by atoms with Crippen molar-refractivity contribution in [1.29, 1.82) is 0 Å². The minimum absolute atomic E-state index is 0.0295. The monoisotopic (exact) mass is 512 g/mol. The zero-order valence-corrected chi connectivity index (χ0v) is 22.3. The molecule has 1 aliphatic carbocycles. The fourth-order valence-electron chi connectivity index (χ4n) is 4.01. The van der Waals surface area contributed by atoms with Crippen LogP contribution < -0.4 is 16.4 Å². The van der Waals surface area contributed by atoms with Crippen LogP contribution in [0.5, 0.6) is 0 Å². The number of carbonyl (C=O) groups is 4. The molecule has 0 heterocycles. The molecule has 4 N–H and O–H groups in total. The van der Waals surface area contributed by atoms with Gasteiger partial charge < -0.3 is 26.0 Å². The maximum Gasteiger partial charge on any atom is 0.408 e. The number of amides is 4. The highest BCUT2D eigenvalue weighted by Gasteiger charge is 2.44. The van der Waals surface area contributed by atoms with Crippen molar-refractivity contribution in [1.82, 2.24) is 15.5 Å². The SMILES string of the molecule is C#Cc1ccccc1C(C(=O)NCCCCC)N(C(=O)C(CCC(N)=O)NC(=O)OC(C)(C)C)C1CC1. The topological polar surface area (TPSA) is 131 Å². The summed E-state index contributed by atoms with van der Waals surface area (Å²) >= 11 is 0. The molecular formula is C28H40N4O5. The molecule has 9 nitrogen and oxygen atoms in total. The van der Waals surface area contributed by atoms with Crippen molar-refractivity contribution in [2.75, 3.05) is 6.54 Å². The first kappa shape index (κ1) is 29.7. The first-order valence-electron chi connectivity index (χ1n) is 12.9. The van der Waals surface area contributed by atoms with Crippen LogP contribution in [0.1, 0.15) is 89.8 Å². The van der Waals surface area contributed by atoms with Crippen molar-refractivity contribution >= 4 is 23.8 Å². The van der Waals surface area contributed by atoms with Gasteiger partial charge in [-0.15, -0.1) is 6.42 Å². The van der Waals surface area contributed by atoms with Gasteiger partial charge in [0.15, 0.2) is 0 Å². The van der Waals surface area contributed by atoms with Gasteiger partial charge in [0.25, 0.3) is 0 Å². The lowest BCUT2D eigenvalue weighted by molar-refractivity contribution is -0.143. The molecule has 0 aromatic heterocycles. The van der Waals surface area contributed by atoms with Gasteiger partial charge in [-0.05, 0) is 58.1 Å². The Labute approximate surface area is 219 Å². The molecule has 0 saturated heterocycles. The predicted octanol–water partition coefficient (Wildman–Crippen LogP) is 3.17. The molecule has 1 saturated carbocycles. The van der Waals surface area contributed by atoms with Gasteiger partial charge in [-0.1, -0.05) is 43.9 Å². The minimum atomic E-state index is -1.11. The van der Waals surface area contributed by atoms with Gasteiger partial charge in [-0.2, -0.15) is 0 Å². The second-order valence-corrected chi connectivity index (χ2v) is 10.3. The van der Waals surface area contributed by atoms with Crippen LogP contribution in [0.25, 0.3) is 0 Å². The summed E-state index contributed by atoms with van der Waals surface area (Å²) in [5.74, 6) is 1.18. The van der Waals surface area contributed by atoms with E-state index < -0.39 is 35.6 Å². The molecule has 9 heteroatoms. The fourth-order valence-corrected chi connectivity index (χ4v) is 4.01. The largest absolute Gasteiger partial charge is 0.444 e. The molecule has 0 radical (unpaired) electrons. The third-order valence-corrected chi connectivity index (χ3v) is 5.88. The van der Waals surface area contributed by atoms with Crippen molar-refractivity contribution in [3.8, 4) is 12.3 Å². The second kappa shape index (κ2) is 13.7. The predicted molar refractivity (Wildman–Crippen MR) is 141 cm³/mol. The van der Waals surface area contributed by atoms with Crippen LogP contribution in [-0.4, -0.2) is 52.9 Å². The number of hydrogen-bond acceptors (Lipinski definition) is 5. The van der Waals surface area contributed by atoms with Crippen molar-refractivity contribution in [2.45, 2.75) is 96.4 Å². The highest BCUT2D eigenvalue weighted by molar-refractivity contribution is 5.93. The zero-order valence-electron chi connectivity index (χ0n) is 22.3. The summed E-state index contributed by atoms with van der Waals surface area (Å²) in [6.07, 6.45) is 8.99. The lowest BCUT2D eigenvalue weighted by atomic mass is 9.96. The van der Waals surface area contributed by atoms with E-state index in [-0.39, 0.29) is 24.8 Å². The molecule has 0 spiro atoms. The highest BCUT2D eigenvalue weighted by Crippen LogP contribution is 2.37. The van der Waals surface area contributed by atoms with E-state index in [2.05, 4.69) is 23.5 Å². The van der Waals surface area contributed by atoms with Gasteiger partial charge in [0.2, 0.25) is 17.7 Å². The maximum atomic E-state index is 14.0. The Hall–Kier alpha value is -3.54. The van der Waals surface area contributed by atoms with Crippen LogP contribution in [0.15, 0.2) is 24.3 Å². The highest BCUT2D eigenvalue weighted by atomic mass is 16.6. The number of rotatable bonds is 13. The Kier molecular flexibility index (Phi) is 11.0. The number of nitrogens with zero attached hydrogens (tertiary/aromatic N) is 1. The summed E-state index contributed by atoms with van der Waals surface area (Å²) in [7, 11) is 0. The van der Waals surface area contributed by atoms with Crippen molar-refractivity contribution < 1.29 is 23.9 Å². The Balaban J connectivity index is 2.45. The summed E-state index contributed by atoms with van der Waals surface area (Å²) in [5.41, 5.74) is 5.59. The van der Waals surface area contributed by atoms with E-state index in [1.165, 1.54) is 4.90 Å². The quantitative estimate of drug-likeness (QED) is 0.276.